The van der Waals surface area contributed by atoms with Crippen molar-refractivity contribution in [1.29, 1.82) is 0 Å². The second-order valence-electron chi connectivity index (χ2n) is 5.53. The van der Waals surface area contributed by atoms with Crippen LogP contribution in [0.25, 0.3) is 0 Å². The summed E-state index contributed by atoms with van der Waals surface area (Å²) >= 11 is 5.68. The molecule has 2 rings (SSSR count). The number of carboxylic acids is 1. The Bertz CT molecular complexity index is 619. The molecule has 0 aliphatic heterocycles. The van der Waals surface area contributed by atoms with Gasteiger partial charge in [-0.25, -0.2) is 4.39 Å². The van der Waals surface area contributed by atoms with Crippen LogP contribution in [0.4, 0.5) is 10.1 Å². The Labute approximate surface area is 125 Å². The van der Waals surface area contributed by atoms with Crippen molar-refractivity contribution in [3.8, 4) is 5.75 Å². The second-order valence-corrected chi connectivity index (χ2v) is 5.93. The predicted molar refractivity (Wildman–Crippen MR) is 74.7 cm³/mol. The molecule has 0 radical (unpaired) electrons. The molecular weight excluding hydrogens is 301 g/mol. The first-order valence-electron chi connectivity index (χ1n) is 6.42. The molecule has 1 aromatic rings. The summed E-state index contributed by atoms with van der Waals surface area (Å²) in [4.78, 5) is 23.5. The number of amides is 1. The van der Waals surface area contributed by atoms with Crippen LogP contribution >= 0.6 is 11.6 Å². The Kier molecular flexibility index (Phi) is 3.84. The molecule has 1 saturated carbocycles. The third-order valence-electron chi connectivity index (χ3n) is 4.04. The quantitative estimate of drug-likeness (QED) is 0.746. The van der Waals surface area contributed by atoms with Gasteiger partial charge in [-0.3, -0.25) is 9.59 Å². The van der Waals surface area contributed by atoms with E-state index < -0.39 is 34.8 Å². The highest BCUT2D eigenvalue weighted by atomic mass is 35.5. The molecule has 1 aliphatic rings. The van der Waals surface area contributed by atoms with Crippen LogP contribution in [0.3, 0.4) is 0 Å². The van der Waals surface area contributed by atoms with Crippen molar-refractivity contribution in [3.05, 3.63) is 23.0 Å². The Morgan fingerprint density at radius 3 is 2.57 bits per heavy atom. The molecule has 0 spiro atoms. The molecule has 5 nitrogen and oxygen atoms in total. The molecule has 1 aliphatic carbocycles. The Balaban J connectivity index is 2.26. The number of hydrogen-bond acceptors (Lipinski definition) is 3. The van der Waals surface area contributed by atoms with E-state index in [9.17, 15) is 19.1 Å². The maximum absolute atomic E-state index is 13.7. The normalized spacial score (nSPS) is 24.0. The fourth-order valence-corrected chi connectivity index (χ4v) is 2.77. The van der Waals surface area contributed by atoms with Crippen LogP contribution in [0.2, 0.25) is 5.02 Å². The molecule has 7 heteroatoms. The Hall–Kier alpha value is -1.82. The SMILES string of the molecule is CC(C)[C@]1(C(=O)Nc2cc(Cl)c(O)cc2F)C[C@H]1C(=O)O. The smallest absolute Gasteiger partial charge is 0.307 e. The number of phenolic OH excluding ortho intramolecular Hbond substituents is 1. The van der Waals surface area contributed by atoms with E-state index in [4.69, 9.17) is 16.7 Å². The zero-order valence-corrected chi connectivity index (χ0v) is 12.2. The van der Waals surface area contributed by atoms with E-state index in [0.29, 0.717) is 0 Å². The fourth-order valence-electron chi connectivity index (χ4n) is 2.61. The van der Waals surface area contributed by atoms with E-state index in [-0.39, 0.29) is 23.0 Å². The molecule has 21 heavy (non-hydrogen) atoms. The van der Waals surface area contributed by atoms with E-state index in [0.717, 1.165) is 12.1 Å². The highest BCUT2D eigenvalue weighted by Crippen LogP contribution is 2.58. The lowest BCUT2D eigenvalue weighted by atomic mass is 9.88. The molecule has 0 bridgehead atoms. The van der Waals surface area contributed by atoms with Gasteiger partial charge in [0.1, 0.15) is 11.6 Å². The second kappa shape index (κ2) is 5.18. The van der Waals surface area contributed by atoms with Crippen molar-refractivity contribution in [2.75, 3.05) is 5.32 Å². The van der Waals surface area contributed by atoms with Crippen molar-refractivity contribution >= 4 is 29.2 Å². The number of anilines is 1. The molecule has 0 unspecified atom stereocenters. The van der Waals surface area contributed by atoms with E-state index in [1.807, 2.05) is 0 Å². The zero-order valence-electron chi connectivity index (χ0n) is 11.5. The fraction of sp³-hybridized carbons (Fsp3) is 0.429. The van der Waals surface area contributed by atoms with E-state index in [2.05, 4.69) is 5.32 Å². The van der Waals surface area contributed by atoms with Gasteiger partial charge in [-0.1, -0.05) is 25.4 Å². The maximum atomic E-state index is 13.7. The number of carboxylic acid groups (broad SMARTS) is 1. The minimum atomic E-state index is -1.04. The highest BCUT2D eigenvalue weighted by molar-refractivity contribution is 6.32. The van der Waals surface area contributed by atoms with Gasteiger partial charge in [0.25, 0.3) is 0 Å². The first-order valence-corrected chi connectivity index (χ1v) is 6.80. The topological polar surface area (TPSA) is 86.6 Å². The van der Waals surface area contributed by atoms with Gasteiger partial charge in [0.15, 0.2) is 0 Å². The molecule has 1 aromatic carbocycles. The average Bonchev–Trinajstić information content (AvgIpc) is 3.12. The third-order valence-corrected chi connectivity index (χ3v) is 4.34. The molecule has 114 valence electrons. The van der Waals surface area contributed by atoms with Gasteiger partial charge in [-0.15, -0.1) is 0 Å². The number of carbonyl (C=O) groups is 2. The predicted octanol–water partition coefficient (Wildman–Crippen LogP) is 2.87. The van der Waals surface area contributed by atoms with Crippen LogP contribution in [0, 0.1) is 23.1 Å². The summed E-state index contributed by atoms with van der Waals surface area (Å²) in [5.74, 6) is -3.83. The van der Waals surface area contributed by atoms with Gasteiger partial charge in [0.05, 0.1) is 22.0 Å². The molecule has 1 amide bonds. The number of aliphatic carboxylic acids is 1. The van der Waals surface area contributed by atoms with Crippen LogP contribution in [0.15, 0.2) is 12.1 Å². The van der Waals surface area contributed by atoms with Gasteiger partial charge in [0.2, 0.25) is 5.91 Å². The molecule has 3 N–H and O–H groups in total. The van der Waals surface area contributed by atoms with Crippen LogP contribution < -0.4 is 5.32 Å². The summed E-state index contributed by atoms with van der Waals surface area (Å²) in [6.45, 7) is 3.51. The number of phenols is 1. The Morgan fingerprint density at radius 1 is 1.48 bits per heavy atom. The average molecular weight is 316 g/mol. The van der Waals surface area contributed by atoms with Crippen LogP contribution in [0.5, 0.6) is 5.75 Å². The monoisotopic (exact) mass is 315 g/mol. The lowest BCUT2D eigenvalue weighted by Gasteiger charge is -2.20. The number of nitrogens with one attached hydrogen (secondary N) is 1. The van der Waals surface area contributed by atoms with Crippen LogP contribution in [0.1, 0.15) is 20.3 Å². The van der Waals surface area contributed by atoms with Crippen molar-refractivity contribution in [2.24, 2.45) is 17.3 Å². The number of rotatable bonds is 4. The number of halogens is 2. The summed E-state index contributed by atoms with van der Waals surface area (Å²) in [5.41, 5.74) is -1.22. The summed E-state index contributed by atoms with van der Waals surface area (Å²) in [5, 5.41) is 20.6. The van der Waals surface area contributed by atoms with Gasteiger partial charge < -0.3 is 15.5 Å². The standard InChI is InChI=1S/C14H15ClFNO4/c1-6(2)14(5-7(14)12(19)20)13(21)17-10-3-8(15)11(18)4-9(10)16/h3-4,6-7,18H,5H2,1-2H3,(H,17,21)(H,19,20)/t7-,14+/m0/s1. The van der Waals surface area contributed by atoms with Gasteiger partial charge in [0, 0.05) is 6.07 Å². The van der Waals surface area contributed by atoms with Crippen molar-refractivity contribution < 1.29 is 24.2 Å². The summed E-state index contributed by atoms with van der Waals surface area (Å²) in [6, 6.07) is 1.89. The molecule has 0 heterocycles. The van der Waals surface area contributed by atoms with Gasteiger partial charge >= 0.3 is 5.97 Å². The van der Waals surface area contributed by atoms with Crippen molar-refractivity contribution in [1.82, 2.24) is 0 Å². The van der Waals surface area contributed by atoms with Gasteiger partial charge in [-0.2, -0.15) is 0 Å². The lowest BCUT2D eigenvalue weighted by molar-refractivity contribution is -0.141. The molecule has 0 aromatic heterocycles. The number of carbonyl (C=O) groups excluding carboxylic acids is 1. The largest absolute Gasteiger partial charge is 0.506 e. The van der Waals surface area contributed by atoms with Crippen LogP contribution in [-0.2, 0) is 9.59 Å². The summed E-state index contributed by atoms with van der Waals surface area (Å²) in [7, 11) is 0. The van der Waals surface area contributed by atoms with E-state index >= 15 is 0 Å². The first kappa shape index (κ1) is 15.6. The molecule has 0 saturated heterocycles. The van der Waals surface area contributed by atoms with E-state index in [1.165, 1.54) is 0 Å². The van der Waals surface area contributed by atoms with E-state index in [1.54, 1.807) is 13.8 Å². The molecule has 1 fully saturated rings. The first-order chi connectivity index (χ1) is 9.70. The summed E-state index contributed by atoms with van der Waals surface area (Å²) in [6.07, 6.45) is 0.221. The minimum Gasteiger partial charge on any atom is -0.506 e. The summed E-state index contributed by atoms with van der Waals surface area (Å²) < 4.78 is 13.7. The van der Waals surface area contributed by atoms with Crippen molar-refractivity contribution in [2.45, 2.75) is 20.3 Å². The number of hydrogen-bond donors (Lipinski definition) is 3. The zero-order chi connectivity index (χ0) is 15.9. The third kappa shape index (κ3) is 2.55. The maximum Gasteiger partial charge on any atom is 0.307 e. The van der Waals surface area contributed by atoms with Gasteiger partial charge in [-0.05, 0) is 18.4 Å². The minimum absolute atomic E-state index is 0.101. The Morgan fingerprint density at radius 2 is 2.10 bits per heavy atom. The number of aromatic hydroxyl groups is 1. The number of benzene rings is 1. The molecule has 2 atom stereocenters. The van der Waals surface area contributed by atoms with Crippen LogP contribution in [-0.4, -0.2) is 22.1 Å². The molecular formula is C14H15ClFNO4. The lowest BCUT2D eigenvalue weighted by Crippen LogP contribution is -2.32. The highest BCUT2D eigenvalue weighted by Gasteiger charge is 2.65. The van der Waals surface area contributed by atoms with Crippen molar-refractivity contribution in [3.63, 3.8) is 0 Å².